The van der Waals surface area contributed by atoms with Gasteiger partial charge in [0.1, 0.15) is 32.2 Å². The van der Waals surface area contributed by atoms with Crippen LogP contribution in [0.25, 0.3) is 0 Å². The largest absolute Gasteiger partial charge is 0.337 e. The standard InChI is InChI=1S/C17H18Cl2N2/c18-15-7-6-14(12-16(15)19)17(13-4-2-1-3-5-13)21-10-8-20-9-11-21/h1-7,12,17,20H,8-11H2/p+2/t17-/m1/s1. The van der Waals surface area contributed by atoms with Crippen LogP contribution in [-0.4, -0.2) is 26.2 Å². The fraction of sp³-hybridized carbons (Fsp3) is 0.294. The average molecular weight is 323 g/mol. The Hall–Kier alpha value is -1.06. The number of nitrogens with two attached hydrogens (primary N) is 1. The van der Waals surface area contributed by atoms with Crippen molar-refractivity contribution in [1.29, 1.82) is 0 Å². The van der Waals surface area contributed by atoms with E-state index in [0.717, 1.165) is 0 Å². The van der Waals surface area contributed by atoms with Gasteiger partial charge in [0.05, 0.1) is 10.0 Å². The highest BCUT2D eigenvalue weighted by Crippen LogP contribution is 2.27. The van der Waals surface area contributed by atoms with Crippen molar-refractivity contribution in [3.05, 3.63) is 69.7 Å². The number of piperazine rings is 1. The van der Waals surface area contributed by atoms with Gasteiger partial charge in [0, 0.05) is 11.1 Å². The van der Waals surface area contributed by atoms with Gasteiger partial charge in [0.2, 0.25) is 0 Å². The number of quaternary nitrogens is 2. The highest BCUT2D eigenvalue weighted by Gasteiger charge is 2.29. The molecule has 1 atom stereocenters. The molecule has 0 radical (unpaired) electrons. The van der Waals surface area contributed by atoms with Gasteiger partial charge < -0.3 is 10.2 Å². The Labute approximate surface area is 135 Å². The van der Waals surface area contributed by atoms with Crippen LogP contribution in [0, 0.1) is 0 Å². The molecule has 0 aliphatic carbocycles. The Morgan fingerprint density at radius 3 is 2.24 bits per heavy atom. The van der Waals surface area contributed by atoms with E-state index in [9.17, 15) is 0 Å². The summed E-state index contributed by atoms with van der Waals surface area (Å²) in [5, 5.41) is 3.65. The molecule has 2 aromatic rings. The summed E-state index contributed by atoms with van der Waals surface area (Å²) in [7, 11) is 0. The molecule has 0 bridgehead atoms. The topological polar surface area (TPSA) is 21.1 Å². The fourth-order valence-electron chi connectivity index (χ4n) is 3.13. The molecule has 1 saturated heterocycles. The van der Waals surface area contributed by atoms with E-state index < -0.39 is 0 Å². The molecular formula is C17H20Cl2N2+2. The van der Waals surface area contributed by atoms with Crippen LogP contribution >= 0.6 is 23.2 Å². The van der Waals surface area contributed by atoms with Crippen LogP contribution in [0.2, 0.25) is 10.0 Å². The molecule has 1 aliphatic heterocycles. The monoisotopic (exact) mass is 322 g/mol. The number of hydrogen-bond donors (Lipinski definition) is 2. The molecular weight excluding hydrogens is 303 g/mol. The summed E-state index contributed by atoms with van der Waals surface area (Å²) in [5.74, 6) is 0. The molecule has 3 N–H and O–H groups in total. The first-order chi connectivity index (χ1) is 10.3. The number of rotatable bonds is 3. The molecule has 1 aliphatic rings. The molecule has 0 spiro atoms. The molecule has 4 heteroatoms. The van der Waals surface area contributed by atoms with Crippen LogP contribution in [0.15, 0.2) is 48.5 Å². The molecule has 0 amide bonds. The summed E-state index contributed by atoms with van der Waals surface area (Å²) >= 11 is 12.3. The lowest BCUT2D eigenvalue weighted by Crippen LogP contribution is -3.20. The maximum atomic E-state index is 6.24. The van der Waals surface area contributed by atoms with Crippen molar-refractivity contribution in [2.45, 2.75) is 6.04 Å². The summed E-state index contributed by atoms with van der Waals surface area (Å²) in [6.45, 7) is 4.69. The van der Waals surface area contributed by atoms with Crippen molar-refractivity contribution >= 4 is 23.2 Å². The van der Waals surface area contributed by atoms with Gasteiger partial charge in [0.15, 0.2) is 0 Å². The minimum atomic E-state index is 0.328. The van der Waals surface area contributed by atoms with Crippen LogP contribution in [-0.2, 0) is 0 Å². The summed E-state index contributed by atoms with van der Waals surface area (Å²) in [4.78, 5) is 1.60. The van der Waals surface area contributed by atoms with Gasteiger partial charge in [-0.05, 0) is 12.1 Å². The normalized spacial score (nSPS) is 17.6. The van der Waals surface area contributed by atoms with Gasteiger partial charge in [-0.3, -0.25) is 0 Å². The van der Waals surface area contributed by atoms with Crippen LogP contribution in [0.5, 0.6) is 0 Å². The van der Waals surface area contributed by atoms with Gasteiger partial charge in [-0.2, -0.15) is 0 Å². The van der Waals surface area contributed by atoms with E-state index >= 15 is 0 Å². The predicted octanol–water partition coefficient (Wildman–Crippen LogP) is 1.54. The van der Waals surface area contributed by atoms with Crippen molar-refractivity contribution in [1.82, 2.24) is 0 Å². The SMILES string of the molecule is Clc1ccc([C@@H](c2ccccc2)[NH+]2CC[NH2+]CC2)cc1Cl. The van der Waals surface area contributed by atoms with E-state index in [2.05, 4.69) is 41.7 Å². The highest BCUT2D eigenvalue weighted by molar-refractivity contribution is 6.42. The van der Waals surface area contributed by atoms with E-state index in [1.807, 2.05) is 12.1 Å². The minimum Gasteiger partial charge on any atom is -0.337 e. The molecule has 1 fully saturated rings. The lowest BCUT2D eigenvalue weighted by atomic mass is 9.96. The minimum absolute atomic E-state index is 0.328. The molecule has 3 rings (SSSR count). The van der Waals surface area contributed by atoms with E-state index in [1.165, 1.54) is 37.3 Å². The molecule has 21 heavy (non-hydrogen) atoms. The Bertz CT molecular complexity index is 595. The third kappa shape index (κ3) is 3.41. The lowest BCUT2D eigenvalue weighted by molar-refractivity contribution is -0.967. The van der Waals surface area contributed by atoms with Crippen molar-refractivity contribution in [2.75, 3.05) is 26.2 Å². The number of benzene rings is 2. The number of nitrogens with one attached hydrogen (secondary N) is 1. The zero-order chi connectivity index (χ0) is 14.7. The maximum Gasteiger partial charge on any atom is 0.139 e. The third-order valence-corrected chi connectivity index (χ3v) is 4.90. The quantitative estimate of drug-likeness (QED) is 0.855. The van der Waals surface area contributed by atoms with Gasteiger partial charge in [0.25, 0.3) is 0 Å². The Balaban J connectivity index is 2.00. The Morgan fingerprint density at radius 2 is 1.57 bits per heavy atom. The molecule has 2 nitrogen and oxygen atoms in total. The third-order valence-electron chi connectivity index (χ3n) is 4.16. The van der Waals surface area contributed by atoms with Gasteiger partial charge >= 0.3 is 0 Å². The second-order valence-corrected chi connectivity index (χ2v) is 6.36. The molecule has 110 valence electrons. The summed E-state index contributed by atoms with van der Waals surface area (Å²) in [6.07, 6.45) is 0. The Kier molecular flexibility index (Phi) is 4.81. The summed E-state index contributed by atoms with van der Waals surface area (Å²) in [6, 6.07) is 17.1. The highest BCUT2D eigenvalue weighted by atomic mass is 35.5. The first-order valence-corrected chi connectivity index (χ1v) is 8.17. The van der Waals surface area contributed by atoms with E-state index in [0.29, 0.717) is 16.1 Å². The smallest absolute Gasteiger partial charge is 0.139 e. The van der Waals surface area contributed by atoms with Crippen LogP contribution in [0.1, 0.15) is 17.2 Å². The van der Waals surface area contributed by atoms with Gasteiger partial charge in [-0.15, -0.1) is 0 Å². The second kappa shape index (κ2) is 6.80. The van der Waals surface area contributed by atoms with Crippen molar-refractivity contribution in [2.24, 2.45) is 0 Å². The first kappa shape index (κ1) is 14.9. The summed E-state index contributed by atoms with van der Waals surface area (Å²) in [5.41, 5.74) is 2.58. The zero-order valence-corrected chi connectivity index (χ0v) is 13.4. The van der Waals surface area contributed by atoms with Crippen molar-refractivity contribution < 1.29 is 10.2 Å². The number of halogens is 2. The van der Waals surface area contributed by atoms with Gasteiger partial charge in [-0.1, -0.05) is 59.6 Å². The number of hydrogen-bond acceptors (Lipinski definition) is 0. The first-order valence-electron chi connectivity index (χ1n) is 7.42. The molecule has 0 saturated carbocycles. The van der Waals surface area contributed by atoms with Gasteiger partial charge in [-0.25, -0.2) is 0 Å². The molecule has 1 heterocycles. The maximum absolute atomic E-state index is 6.24. The van der Waals surface area contributed by atoms with Crippen LogP contribution in [0.4, 0.5) is 0 Å². The molecule has 0 aromatic heterocycles. The second-order valence-electron chi connectivity index (χ2n) is 5.54. The average Bonchev–Trinajstić information content (AvgIpc) is 2.53. The lowest BCUT2D eigenvalue weighted by Gasteiger charge is -2.31. The predicted molar refractivity (Wildman–Crippen MR) is 87.1 cm³/mol. The van der Waals surface area contributed by atoms with E-state index in [4.69, 9.17) is 23.2 Å². The van der Waals surface area contributed by atoms with Crippen LogP contribution < -0.4 is 10.2 Å². The molecule has 0 unspecified atom stereocenters. The summed E-state index contributed by atoms with van der Waals surface area (Å²) < 4.78 is 0. The van der Waals surface area contributed by atoms with Crippen molar-refractivity contribution in [3.63, 3.8) is 0 Å². The molecule has 2 aromatic carbocycles. The van der Waals surface area contributed by atoms with Crippen molar-refractivity contribution in [3.8, 4) is 0 Å². The zero-order valence-electron chi connectivity index (χ0n) is 11.9. The fourth-order valence-corrected chi connectivity index (χ4v) is 3.44. The Morgan fingerprint density at radius 1 is 0.857 bits per heavy atom. The van der Waals surface area contributed by atoms with Crippen LogP contribution in [0.3, 0.4) is 0 Å². The van der Waals surface area contributed by atoms with E-state index in [1.54, 1.807) is 4.90 Å². The van der Waals surface area contributed by atoms with E-state index in [-0.39, 0.29) is 0 Å².